The third-order valence-electron chi connectivity index (χ3n) is 3.41. The molecule has 0 aliphatic carbocycles. The normalized spacial score (nSPS) is 18.1. The van der Waals surface area contributed by atoms with Crippen LogP contribution in [0.5, 0.6) is 11.5 Å². The summed E-state index contributed by atoms with van der Waals surface area (Å²) >= 11 is 3.44. The molecule has 116 valence electrons. The molecule has 0 saturated carbocycles. The van der Waals surface area contributed by atoms with Crippen LogP contribution in [0.25, 0.3) is 0 Å². The van der Waals surface area contributed by atoms with Gasteiger partial charge in [-0.2, -0.15) is 0 Å². The Kier molecular flexibility index (Phi) is 5.87. The number of methoxy groups -OCH3 is 1. The first-order chi connectivity index (χ1) is 10.2. The number of rotatable bonds is 5. The number of ether oxygens (including phenoxy) is 2. The standard InChI is InChI=1S/C15H21BrN2O3/c1-3-21-14-12(16)7-10(8-13(14)20-2)15(19)18-11-5-4-6-17-9-11/h7-8,11,17H,3-6,9H2,1-2H3,(H,18,19)/t11-/m0/s1. The fourth-order valence-corrected chi connectivity index (χ4v) is 2.94. The lowest BCUT2D eigenvalue weighted by atomic mass is 10.1. The minimum absolute atomic E-state index is 0.0919. The maximum absolute atomic E-state index is 12.3. The first-order valence-electron chi connectivity index (χ1n) is 7.17. The van der Waals surface area contributed by atoms with Crippen LogP contribution in [0.4, 0.5) is 0 Å². The molecule has 2 rings (SSSR count). The fourth-order valence-electron chi connectivity index (χ4n) is 2.38. The SMILES string of the molecule is CCOc1c(Br)cc(C(=O)N[C@H]2CCCNC2)cc1OC. The predicted octanol–water partition coefficient (Wildman–Crippen LogP) is 2.34. The molecule has 0 aromatic heterocycles. The highest BCUT2D eigenvalue weighted by Gasteiger charge is 2.19. The summed E-state index contributed by atoms with van der Waals surface area (Å²) in [6.45, 7) is 4.28. The van der Waals surface area contributed by atoms with Crippen LogP contribution in [-0.4, -0.2) is 38.8 Å². The van der Waals surface area contributed by atoms with Gasteiger partial charge < -0.3 is 20.1 Å². The highest BCUT2D eigenvalue weighted by atomic mass is 79.9. The van der Waals surface area contributed by atoms with Crippen molar-refractivity contribution in [3.63, 3.8) is 0 Å². The first kappa shape index (κ1) is 16.1. The van der Waals surface area contributed by atoms with Crippen molar-refractivity contribution in [3.05, 3.63) is 22.2 Å². The summed E-state index contributed by atoms with van der Waals surface area (Å²) in [6, 6.07) is 3.66. The maximum atomic E-state index is 12.3. The van der Waals surface area contributed by atoms with Gasteiger partial charge in [-0.3, -0.25) is 4.79 Å². The van der Waals surface area contributed by atoms with Crippen LogP contribution >= 0.6 is 15.9 Å². The second kappa shape index (κ2) is 7.66. The molecule has 0 spiro atoms. The minimum atomic E-state index is -0.0919. The van der Waals surface area contributed by atoms with Crippen molar-refractivity contribution in [1.29, 1.82) is 0 Å². The van der Waals surface area contributed by atoms with Crippen molar-refractivity contribution in [2.24, 2.45) is 0 Å². The Bertz CT molecular complexity index is 502. The zero-order chi connectivity index (χ0) is 15.2. The van der Waals surface area contributed by atoms with Gasteiger partial charge in [-0.25, -0.2) is 0 Å². The Hall–Kier alpha value is -1.27. The zero-order valence-electron chi connectivity index (χ0n) is 12.4. The number of nitrogens with one attached hydrogen (secondary N) is 2. The molecule has 1 aliphatic rings. The summed E-state index contributed by atoms with van der Waals surface area (Å²) in [5.74, 6) is 1.08. The van der Waals surface area contributed by atoms with E-state index in [1.807, 2.05) is 6.92 Å². The number of halogens is 1. The van der Waals surface area contributed by atoms with E-state index in [2.05, 4.69) is 26.6 Å². The molecular formula is C15H21BrN2O3. The highest BCUT2D eigenvalue weighted by Crippen LogP contribution is 2.36. The maximum Gasteiger partial charge on any atom is 0.251 e. The van der Waals surface area contributed by atoms with E-state index in [1.54, 1.807) is 19.2 Å². The van der Waals surface area contributed by atoms with Crippen LogP contribution in [0.15, 0.2) is 16.6 Å². The Morgan fingerprint density at radius 3 is 2.95 bits per heavy atom. The lowest BCUT2D eigenvalue weighted by Crippen LogP contribution is -2.45. The van der Waals surface area contributed by atoms with E-state index in [-0.39, 0.29) is 11.9 Å². The van der Waals surface area contributed by atoms with Crippen molar-refractivity contribution < 1.29 is 14.3 Å². The number of carbonyl (C=O) groups excluding carboxylic acids is 1. The Balaban J connectivity index is 2.15. The summed E-state index contributed by atoms with van der Waals surface area (Å²) in [6.07, 6.45) is 2.09. The predicted molar refractivity (Wildman–Crippen MR) is 85.2 cm³/mol. The van der Waals surface area contributed by atoms with Crippen molar-refractivity contribution in [2.75, 3.05) is 26.8 Å². The average Bonchev–Trinajstić information content (AvgIpc) is 2.50. The van der Waals surface area contributed by atoms with E-state index in [0.717, 1.165) is 30.4 Å². The number of carbonyl (C=O) groups is 1. The van der Waals surface area contributed by atoms with E-state index < -0.39 is 0 Å². The molecule has 21 heavy (non-hydrogen) atoms. The Labute approximate surface area is 133 Å². The number of hydrogen-bond acceptors (Lipinski definition) is 4. The lowest BCUT2D eigenvalue weighted by molar-refractivity contribution is 0.0930. The van der Waals surface area contributed by atoms with E-state index >= 15 is 0 Å². The fraction of sp³-hybridized carbons (Fsp3) is 0.533. The number of amides is 1. The van der Waals surface area contributed by atoms with Gasteiger partial charge in [0.1, 0.15) is 0 Å². The van der Waals surface area contributed by atoms with Gasteiger partial charge in [-0.1, -0.05) is 0 Å². The molecule has 5 nitrogen and oxygen atoms in total. The Morgan fingerprint density at radius 2 is 2.33 bits per heavy atom. The second-order valence-electron chi connectivity index (χ2n) is 4.94. The molecule has 1 aromatic rings. The summed E-state index contributed by atoms with van der Waals surface area (Å²) in [5.41, 5.74) is 0.563. The van der Waals surface area contributed by atoms with Crippen LogP contribution in [-0.2, 0) is 0 Å². The highest BCUT2D eigenvalue weighted by molar-refractivity contribution is 9.10. The molecule has 1 fully saturated rings. The molecule has 0 radical (unpaired) electrons. The lowest BCUT2D eigenvalue weighted by Gasteiger charge is -2.24. The van der Waals surface area contributed by atoms with Crippen molar-refractivity contribution in [2.45, 2.75) is 25.8 Å². The monoisotopic (exact) mass is 356 g/mol. The quantitative estimate of drug-likeness (QED) is 0.849. The molecule has 0 unspecified atom stereocenters. The van der Waals surface area contributed by atoms with Gasteiger partial charge in [-0.15, -0.1) is 0 Å². The smallest absolute Gasteiger partial charge is 0.251 e. The van der Waals surface area contributed by atoms with Crippen LogP contribution in [0.1, 0.15) is 30.1 Å². The number of hydrogen-bond donors (Lipinski definition) is 2. The van der Waals surface area contributed by atoms with Crippen LogP contribution in [0.3, 0.4) is 0 Å². The molecule has 1 saturated heterocycles. The van der Waals surface area contributed by atoms with Crippen molar-refractivity contribution >= 4 is 21.8 Å². The van der Waals surface area contributed by atoms with Gasteiger partial charge in [0.15, 0.2) is 11.5 Å². The molecule has 6 heteroatoms. The molecule has 2 N–H and O–H groups in total. The van der Waals surface area contributed by atoms with Crippen molar-refractivity contribution in [3.8, 4) is 11.5 Å². The molecule has 1 amide bonds. The van der Waals surface area contributed by atoms with Gasteiger partial charge >= 0.3 is 0 Å². The molecular weight excluding hydrogens is 336 g/mol. The van der Waals surface area contributed by atoms with E-state index in [9.17, 15) is 4.79 Å². The Morgan fingerprint density at radius 1 is 1.52 bits per heavy atom. The van der Waals surface area contributed by atoms with E-state index in [1.165, 1.54) is 0 Å². The minimum Gasteiger partial charge on any atom is -0.493 e. The van der Waals surface area contributed by atoms with Crippen LogP contribution < -0.4 is 20.1 Å². The summed E-state index contributed by atoms with van der Waals surface area (Å²) in [5, 5.41) is 6.33. The molecule has 1 aromatic carbocycles. The zero-order valence-corrected chi connectivity index (χ0v) is 14.0. The van der Waals surface area contributed by atoms with Gasteiger partial charge in [0.05, 0.1) is 18.2 Å². The van der Waals surface area contributed by atoms with E-state index in [4.69, 9.17) is 9.47 Å². The van der Waals surface area contributed by atoms with Gasteiger partial charge in [0.2, 0.25) is 0 Å². The van der Waals surface area contributed by atoms with Crippen LogP contribution in [0.2, 0.25) is 0 Å². The largest absolute Gasteiger partial charge is 0.493 e. The van der Waals surface area contributed by atoms with Gasteiger partial charge in [-0.05, 0) is 54.4 Å². The molecule has 1 aliphatic heterocycles. The summed E-state index contributed by atoms with van der Waals surface area (Å²) < 4.78 is 11.6. The average molecular weight is 357 g/mol. The van der Waals surface area contributed by atoms with Gasteiger partial charge in [0, 0.05) is 18.2 Å². The first-order valence-corrected chi connectivity index (χ1v) is 7.97. The summed E-state index contributed by atoms with van der Waals surface area (Å²) in [7, 11) is 1.57. The second-order valence-corrected chi connectivity index (χ2v) is 5.79. The van der Waals surface area contributed by atoms with E-state index in [0.29, 0.717) is 23.7 Å². The third-order valence-corrected chi connectivity index (χ3v) is 4.00. The molecule has 1 heterocycles. The third kappa shape index (κ3) is 4.11. The van der Waals surface area contributed by atoms with Gasteiger partial charge in [0.25, 0.3) is 5.91 Å². The van der Waals surface area contributed by atoms with Crippen LogP contribution in [0, 0.1) is 0 Å². The molecule has 0 bridgehead atoms. The number of piperidine rings is 1. The number of benzene rings is 1. The summed E-state index contributed by atoms with van der Waals surface area (Å²) in [4.78, 5) is 12.3. The topological polar surface area (TPSA) is 59.6 Å². The van der Waals surface area contributed by atoms with Crippen molar-refractivity contribution in [1.82, 2.24) is 10.6 Å². The molecule has 1 atom stereocenters.